The Morgan fingerprint density at radius 2 is 1.74 bits per heavy atom. The van der Waals surface area contributed by atoms with Crippen LogP contribution in [-0.4, -0.2) is 14.1 Å². The summed E-state index contributed by atoms with van der Waals surface area (Å²) < 4.78 is 0. The van der Waals surface area contributed by atoms with E-state index < -0.39 is 0 Å². The SMILES string of the molecule is CN(C)c1cc(C#N)ccc1/C=C/c1ccccc1. The second kappa shape index (κ2) is 5.88. The van der Waals surface area contributed by atoms with Gasteiger partial charge in [0.15, 0.2) is 0 Å². The van der Waals surface area contributed by atoms with Gasteiger partial charge in [0, 0.05) is 19.8 Å². The predicted octanol–water partition coefficient (Wildman–Crippen LogP) is 3.79. The van der Waals surface area contributed by atoms with Crippen molar-refractivity contribution in [3.05, 3.63) is 65.2 Å². The van der Waals surface area contributed by atoms with Gasteiger partial charge in [-0.2, -0.15) is 5.26 Å². The molecule has 0 saturated carbocycles. The summed E-state index contributed by atoms with van der Waals surface area (Å²) in [5.74, 6) is 0. The van der Waals surface area contributed by atoms with Gasteiger partial charge < -0.3 is 4.90 Å². The summed E-state index contributed by atoms with van der Waals surface area (Å²) in [5.41, 5.74) is 4.00. The molecule has 0 spiro atoms. The van der Waals surface area contributed by atoms with Gasteiger partial charge in [-0.15, -0.1) is 0 Å². The van der Waals surface area contributed by atoms with Crippen LogP contribution in [0.3, 0.4) is 0 Å². The molecular weight excluding hydrogens is 232 g/mol. The highest BCUT2D eigenvalue weighted by Crippen LogP contribution is 2.22. The van der Waals surface area contributed by atoms with Gasteiger partial charge in [0.1, 0.15) is 0 Å². The van der Waals surface area contributed by atoms with Crippen LogP contribution < -0.4 is 4.90 Å². The third-order valence-electron chi connectivity index (χ3n) is 2.90. The molecule has 0 aliphatic rings. The molecule has 19 heavy (non-hydrogen) atoms. The minimum absolute atomic E-state index is 0.681. The quantitative estimate of drug-likeness (QED) is 0.773. The van der Waals surface area contributed by atoms with Crippen LogP contribution in [0.5, 0.6) is 0 Å². The molecule has 0 amide bonds. The number of nitrogens with zero attached hydrogens (tertiary/aromatic N) is 2. The molecule has 0 aliphatic carbocycles. The lowest BCUT2D eigenvalue weighted by Gasteiger charge is -2.15. The zero-order valence-corrected chi connectivity index (χ0v) is 11.2. The van der Waals surface area contributed by atoms with Gasteiger partial charge in [-0.3, -0.25) is 0 Å². The Hall–Kier alpha value is -2.53. The zero-order chi connectivity index (χ0) is 13.7. The fourth-order valence-corrected chi connectivity index (χ4v) is 1.89. The summed E-state index contributed by atoms with van der Waals surface area (Å²) in [4.78, 5) is 2.02. The lowest BCUT2D eigenvalue weighted by atomic mass is 10.1. The largest absolute Gasteiger partial charge is 0.377 e. The van der Waals surface area contributed by atoms with Crippen LogP contribution in [0.25, 0.3) is 12.2 Å². The van der Waals surface area contributed by atoms with Crippen molar-refractivity contribution in [2.45, 2.75) is 0 Å². The molecule has 2 aromatic carbocycles. The maximum absolute atomic E-state index is 8.96. The van der Waals surface area contributed by atoms with Gasteiger partial charge in [0.2, 0.25) is 0 Å². The standard InChI is InChI=1S/C17H16N2/c1-19(2)17-12-15(13-18)9-11-16(17)10-8-14-6-4-3-5-7-14/h3-12H,1-2H3/b10-8+. The Labute approximate surface area is 114 Å². The molecule has 2 aromatic rings. The average Bonchev–Trinajstić information content (AvgIpc) is 2.46. The van der Waals surface area contributed by atoms with E-state index in [2.05, 4.69) is 30.4 Å². The van der Waals surface area contributed by atoms with Gasteiger partial charge in [-0.25, -0.2) is 0 Å². The number of benzene rings is 2. The summed E-state index contributed by atoms with van der Waals surface area (Å²) in [6.45, 7) is 0. The third-order valence-corrected chi connectivity index (χ3v) is 2.90. The molecular formula is C17H16N2. The zero-order valence-electron chi connectivity index (χ0n) is 11.2. The number of anilines is 1. The number of nitriles is 1. The summed E-state index contributed by atoms with van der Waals surface area (Å²) in [6, 6.07) is 18.1. The summed E-state index contributed by atoms with van der Waals surface area (Å²) in [7, 11) is 3.96. The molecule has 94 valence electrons. The van der Waals surface area contributed by atoms with Crippen LogP contribution in [0.4, 0.5) is 5.69 Å². The van der Waals surface area contributed by atoms with Crippen molar-refractivity contribution >= 4 is 17.8 Å². The molecule has 2 rings (SSSR count). The molecule has 0 aliphatic heterocycles. The van der Waals surface area contributed by atoms with Crippen LogP contribution in [0.15, 0.2) is 48.5 Å². The Bertz CT molecular complexity index is 619. The number of rotatable bonds is 3. The molecule has 0 unspecified atom stereocenters. The van der Waals surface area contributed by atoms with E-state index in [1.165, 1.54) is 0 Å². The predicted molar refractivity (Wildman–Crippen MR) is 80.9 cm³/mol. The van der Waals surface area contributed by atoms with E-state index in [4.69, 9.17) is 5.26 Å². The molecule has 0 heterocycles. The molecule has 0 fully saturated rings. The Morgan fingerprint density at radius 3 is 2.37 bits per heavy atom. The highest BCUT2D eigenvalue weighted by atomic mass is 15.1. The third kappa shape index (κ3) is 3.23. The van der Waals surface area contributed by atoms with Crippen molar-refractivity contribution in [3.63, 3.8) is 0 Å². The van der Waals surface area contributed by atoms with Gasteiger partial charge in [-0.1, -0.05) is 48.6 Å². The number of hydrogen-bond donors (Lipinski definition) is 0. The first-order valence-electron chi connectivity index (χ1n) is 6.15. The van der Waals surface area contributed by atoms with E-state index in [-0.39, 0.29) is 0 Å². The van der Waals surface area contributed by atoms with Crippen LogP contribution in [0.1, 0.15) is 16.7 Å². The second-order valence-corrected chi connectivity index (χ2v) is 4.52. The van der Waals surface area contributed by atoms with E-state index in [1.807, 2.05) is 55.4 Å². The molecule has 0 radical (unpaired) electrons. The fraction of sp³-hybridized carbons (Fsp3) is 0.118. The van der Waals surface area contributed by atoms with E-state index in [9.17, 15) is 0 Å². The Morgan fingerprint density at radius 1 is 1.00 bits per heavy atom. The Balaban J connectivity index is 2.35. The van der Waals surface area contributed by atoms with Gasteiger partial charge >= 0.3 is 0 Å². The molecule has 0 saturated heterocycles. The number of hydrogen-bond acceptors (Lipinski definition) is 2. The molecule has 2 heteroatoms. The van der Waals surface area contributed by atoms with E-state index >= 15 is 0 Å². The molecule has 2 nitrogen and oxygen atoms in total. The molecule has 0 atom stereocenters. The second-order valence-electron chi connectivity index (χ2n) is 4.52. The van der Waals surface area contributed by atoms with Gasteiger partial charge in [0.05, 0.1) is 11.6 Å². The highest BCUT2D eigenvalue weighted by molar-refractivity contribution is 5.77. The maximum atomic E-state index is 8.96. The monoisotopic (exact) mass is 248 g/mol. The summed E-state index contributed by atoms with van der Waals surface area (Å²) >= 11 is 0. The van der Waals surface area contributed by atoms with Crippen molar-refractivity contribution in [2.24, 2.45) is 0 Å². The fourth-order valence-electron chi connectivity index (χ4n) is 1.89. The maximum Gasteiger partial charge on any atom is 0.0992 e. The lowest BCUT2D eigenvalue weighted by molar-refractivity contribution is 1.13. The lowest BCUT2D eigenvalue weighted by Crippen LogP contribution is -2.10. The summed E-state index contributed by atoms with van der Waals surface area (Å²) in [5, 5.41) is 8.96. The Kier molecular flexibility index (Phi) is 4.00. The van der Waals surface area contributed by atoms with Crippen LogP contribution in [-0.2, 0) is 0 Å². The van der Waals surface area contributed by atoms with Crippen molar-refractivity contribution in [1.29, 1.82) is 5.26 Å². The normalized spacial score (nSPS) is 10.4. The first kappa shape index (κ1) is 12.9. The van der Waals surface area contributed by atoms with Crippen molar-refractivity contribution in [3.8, 4) is 6.07 Å². The molecule has 0 N–H and O–H groups in total. The van der Waals surface area contributed by atoms with Crippen molar-refractivity contribution in [1.82, 2.24) is 0 Å². The van der Waals surface area contributed by atoms with Gasteiger partial charge in [0.25, 0.3) is 0 Å². The first-order valence-corrected chi connectivity index (χ1v) is 6.15. The van der Waals surface area contributed by atoms with Gasteiger partial charge in [-0.05, 0) is 23.3 Å². The molecule has 0 aromatic heterocycles. The first-order chi connectivity index (χ1) is 9.20. The minimum atomic E-state index is 0.681. The van der Waals surface area contributed by atoms with Crippen molar-refractivity contribution in [2.75, 3.05) is 19.0 Å². The van der Waals surface area contributed by atoms with Crippen LogP contribution >= 0.6 is 0 Å². The smallest absolute Gasteiger partial charge is 0.0992 e. The van der Waals surface area contributed by atoms with E-state index in [1.54, 1.807) is 0 Å². The van der Waals surface area contributed by atoms with Crippen LogP contribution in [0, 0.1) is 11.3 Å². The minimum Gasteiger partial charge on any atom is -0.377 e. The van der Waals surface area contributed by atoms with Crippen LogP contribution in [0.2, 0.25) is 0 Å². The van der Waals surface area contributed by atoms with Crippen molar-refractivity contribution < 1.29 is 0 Å². The van der Waals surface area contributed by atoms with E-state index in [0.717, 1.165) is 16.8 Å². The van der Waals surface area contributed by atoms with E-state index in [0.29, 0.717) is 5.56 Å². The topological polar surface area (TPSA) is 27.0 Å². The summed E-state index contributed by atoms with van der Waals surface area (Å²) in [6.07, 6.45) is 4.15. The molecule has 0 bridgehead atoms. The average molecular weight is 248 g/mol. The highest BCUT2D eigenvalue weighted by Gasteiger charge is 2.03.